The molecule has 2 aliphatic heterocycles. The zero-order chi connectivity index (χ0) is 14.4. The van der Waals surface area contributed by atoms with Crippen molar-refractivity contribution in [2.75, 3.05) is 31.3 Å². The summed E-state index contributed by atoms with van der Waals surface area (Å²) in [6.07, 6.45) is 4.34. The molecule has 20 heavy (non-hydrogen) atoms. The van der Waals surface area contributed by atoms with Crippen LogP contribution >= 0.6 is 11.8 Å². The largest absolute Gasteiger partial charge is 0.381 e. The molecule has 2 heterocycles. The minimum absolute atomic E-state index is 0.0684. The summed E-state index contributed by atoms with van der Waals surface area (Å²) in [6, 6.07) is 0.405. The first-order chi connectivity index (χ1) is 9.65. The van der Waals surface area contributed by atoms with Crippen molar-refractivity contribution in [1.29, 1.82) is 0 Å². The molecule has 2 atom stereocenters. The molecule has 2 saturated heterocycles. The van der Waals surface area contributed by atoms with Crippen molar-refractivity contribution in [3.8, 4) is 0 Å². The van der Waals surface area contributed by atoms with Crippen molar-refractivity contribution in [3.05, 3.63) is 0 Å². The summed E-state index contributed by atoms with van der Waals surface area (Å²) in [5.41, 5.74) is 3.13. The fourth-order valence-corrected chi connectivity index (χ4v) is 4.48. The molecule has 1 spiro atoms. The van der Waals surface area contributed by atoms with Crippen LogP contribution < -0.4 is 11.3 Å². The molecule has 2 unspecified atom stereocenters. The SMILES string of the molecule is CC(C)CSCC(NN)C1CCOC2(CCOCC2)C1. The Bertz CT molecular complexity index is 278. The molecular formula is C15H30N2O2S. The van der Waals surface area contributed by atoms with E-state index < -0.39 is 0 Å². The van der Waals surface area contributed by atoms with Crippen LogP contribution in [-0.4, -0.2) is 43.0 Å². The van der Waals surface area contributed by atoms with Gasteiger partial charge in [0.1, 0.15) is 0 Å². The lowest BCUT2D eigenvalue weighted by molar-refractivity contribution is -0.149. The number of thioether (sulfide) groups is 1. The van der Waals surface area contributed by atoms with Crippen LogP contribution in [0.25, 0.3) is 0 Å². The van der Waals surface area contributed by atoms with Crippen molar-refractivity contribution < 1.29 is 9.47 Å². The smallest absolute Gasteiger partial charge is 0.0729 e. The van der Waals surface area contributed by atoms with Gasteiger partial charge in [-0.3, -0.25) is 11.3 Å². The second-order valence-corrected chi connectivity index (χ2v) is 7.68. The molecule has 0 amide bonds. The fraction of sp³-hybridized carbons (Fsp3) is 1.00. The number of nitrogens with one attached hydrogen (secondary N) is 1. The third-order valence-electron chi connectivity index (χ3n) is 4.47. The summed E-state index contributed by atoms with van der Waals surface area (Å²) in [4.78, 5) is 0. The molecule has 3 N–H and O–H groups in total. The minimum atomic E-state index is 0.0684. The average Bonchev–Trinajstić information content (AvgIpc) is 2.44. The van der Waals surface area contributed by atoms with Gasteiger partial charge in [-0.1, -0.05) is 13.8 Å². The van der Waals surface area contributed by atoms with Crippen molar-refractivity contribution in [1.82, 2.24) is 5.43 Å². The van der Waals surface area contributed by atoms with E-state index in [1.807, 2.05) is 11.8 Å². The summed E-state index contributed by atoms with van der Waals surface area (Å²) in [7, 11) is 0. The molecule has 118 valence electrons. The van der Waals surface area contributed by atoms with Crippen LogP contribution in [-0.2, 0) is 9.47 Å². The van der Waals surface area contributed by atoms with Gasteiger partial charge in [-0.05, 0) is 43.3 Å². The maximum absolute atomic E-state index is 6.12. The monoisotopic (exact) mass is 302 g/mol. The predicted octanol–water partition coefficient (Wildman–Crippen LogP) is 2.18. The lowest BCUT2D eigenvalue weighted by Gasteiger charge is -2.45. The van der Waals surface area contributed by atoms with E-state index in [-0.39, 0.29) is 5.60 Å². The fourth-order valence-electron chi connectivity index (χ4n) is 3.25. The average molecular weight is 302 g/mol. The Morgan fingerprint density at radius 2 is 2.00 bits per heavy atom. The number of nitrogens with two attached hydrogens (primary N) is 1. The van der Waals surface area contributed by atoms with Gasteiger partial charge in [0.2, 0.25) is 0 Å². The van der Waals surface area contributed by atoms with Crippen LogP contribution in [0.15, 0.2) is 0 Å². The number of hydrogen-bond acceptors (Lipinski definition) is 5. The molecule has 0 radical (unpaired) electrons. The molecule has 5 heteroatoms. The minimum Gasteiger partial charge on any atom is -0.381 e. The third-order valence-corrected chi connectivity index (χ3v) is 5.96. The molecule has 0 aromatic rings. The Labute approximate surface area is 127 Å². The van der Waals surface area contributed by atoms with E-state index in [1.54, 1.807) is 0 Å². The molecule has 2 rings (SSSR count). The molecule has 0 saturated carbocycles. The normalized spacial score (nSPS) is 27.9. The van der Waals surface area contributed by atoms with Gasteiger partial charge in [0.05, 0.1) is 5.60 Å². The van der Waals surface area contributed by atoms with Gasteiger partial charge >= 0.3 is 0 Å². The highest BCUT2D eigenvalue weighted by Gasteiger charge is 2.41. The quantitative estimate of drug-likeness (QED) is 0.582. The molecule has 2 fully saturated rings. The topological polar surface area (TPSA) is 56.5 Å². The first kappa shape index (κ1) is 16.6. The van der Waals surface area contributed by atoms with Crippen molar-refractivity contribution in [3.63, 3.8) is 0 Å². The van der Waals surface area contributed by atoms with E-state index >= 15 is 0 Å². The van der Waals surface area contributed by atoms with Gasteiger partial charge < -0.3 is 9.47 Å². The van der Waals surface area contributed by atoms with E-state index in [4.69, 9.17) is 15.3 Å². The molecule has 2 aliphatic rings. The van der Waals surface area contributed by atoms with E-state index in [2.05, 4.69) is 19.3 Å². The first-order valence-electron chi connectivity index (χ1n) is 7.91. The van der Waals surface area contributed by atoms with Crippen molar-refractivity contribution in [2.24, 2.45) is 17.7 Å². The maximum Gasteiger partial charge on any atom is 0.0729 e. The van der Waals surface area contributed by atoms with Crippen molar-refractivity contribution >= 4 is 11.8 Å². The van der Waals surface area contributed by atoms with Gasteiger partial charge in [-0.25, -0.2) is 0 Å². The van der Waals surface area contributed by atoms with Gasteiger partial charge in [0.25, 0.3) is 0 Å². The van der Waals surface area contributed by atoms with E-state index in [0.29, 0.717) is 12.0 Å². The number of hydrogen-bond donors (Lipinski definition) is 2. The Kier molecular flexibility index (Phi) is 6.62. The lowest BCUT2D eigenvalue weighted by atomic mass is 9.78. The second-order valence-electron chi connectivity index (χ2n) is 6.60. The predicted molar refractivity (Wildman–Crippen MR) is 84.7 cm³/mol. The van der Waals surface area contributed by atoms with E-state index in [1.165, 1.54) is 5.75 Å². The zero-order valence-corrected chi connectivity index (χ0v) is 13.7. The molecule has 0 bridgehead atoms. The maximum atomic E-state index is 6.12. The highest BCUT2D eigenvalue weighted by atomic mass is 32.2. The third kappa shape index (κ3) is 4.60. The van der Waals surface area contributed by atoms with Crippen LogP contribution in [0.3, 0.4) is 0 Å². The van der Waals surface area contributed by atoms with Gasteiger partial charge in [-0.15, -0.1) is 0 Å². The Morgan fingerprint density at radius 1 is 1.25 bits per heavy atom. The number of ether oxygens (including phenoxy) is 2. The van der Waals surface area contributed by atoms with E-state index in [9.17, 15) is 0 Å². The van der Waals surface area contributed by atoms with Crippen LogP contribution in [0.5, 0.6) is 0 Å². The van der Waals surface area contributed by atoms with Gasteiger partial charge in [0.15, 0.2) is 0 Å². The highest BCUT2D eigenvalue weighted by molar-refractivity contribution is 7.99. The number of rotatable bonds is 6. The standard InChI is InChI=1S/C15H30N2O2S/c1-12(2)10-20-11-14(17-16)13-3-6-19-15(9-13)4-7-18-8-5-15/h12-14,17H,3-11,16H2,1-2H3. The van der Waals surface area contributed by atoms with Crippen LogP contribution in [0.1, 0.15) is 39.5 Å². The molecule has 0 aromatic heterocycles. The summed E-state index contributed by atoms with van der Waals surface area (Å²) >= 11 is 2.01. The number of hydrazine groups is 1. The van der Waals surface area contributed by atoms with Gasteiger partial charge in [0, 0.05) is 31.6 Å². The Morgan fingerprint density at radius 3 is 2.65 bits per heavy atom. The second kappa shape index (κ2) is 7.99. The molecule has 4 nitrogen and oxygen atoms in total. The van der Waals surface area contributed by atoms with E-state index in [0.717, 1.165) is 57.2 Å². The Hall–Kier alpha value is 0.190. The highest BCUT2D eigenvalue weighted by Crippen LogP contribution is 2.38. The first-order valence-corrected chi connectivity index (χ1v) is 9.06. The summed E-state index contributed by atoms with van der Waals surface area (Å²) in [5, 5.41) is 0. The zero-order valence-electron chi connectivity index (χ0n) is 12.9. The Balaban J connectivity index is 1.85. The lowest BCUT2D eigenvalue weighted by Crippen LogP contribution is -2.51. The summed E-state index contributed by atoms with van der Waals surface area (Å²) < 4.78 is 11.6. The molecule has 0 aliphatic carbocycles. The van der Waals surface area contributed by atoms with Crippen molar-refractivity contribution in [2.45, 2.75) is 51.2 Å². The summed E-state index contributed by atoms with van der Waals surface area (Å²) in [6.45, 7) is 7.09. The van der Waals surface area contributed by atoms with Gasteiger partial charge in [-0.2, -0.15) is 11.8 Å². The molecular weight excluding hydrogens is 272 g/mol. The van der Waals surface area contributed by atoms with Crippen LogP contribution in [0.2, 0.25) is 0 Å². The molecule has 0 aromatic carbocycles. The van der Waals surface area contributed by atoms with Crippen LogP contribution in [0.4, 0.5) is 0 Å². The van der Waals surface area contributed by atoms with Crippen LogP contribution in [0, 0.1) is 11.8 Å². The summed E-state index contributed by atoms with van der Waals surface area (Å²) in [5.74, 6) is 9.50.